The molecule has 0 fully saturated rings. The van der Waals surface area contributed by atoms with Gasteiger partial charge in [-0.25, -0.2) is 9.67 Å². The van der Waals surface area contributed by atoms with E-state index in [0.29, 0.717) is 4.99 Å². The van der Waals surface area contributed by atoms with Gasteiger partial charge in [-0.15, -0.1) is 0 Å². The Balaban J connectivity index is 2.21. The van der Waals surface area contributed by atoms with Gasteiger partial charge in [0.25, 0.3) is 0 Å². The fourth-order valence-corrected chi connectivity index (χ4v) is 2.50. The molecule has 2 aromatic heterocycles. The zero-order valence-corrected chi connectivity index (χ0v) is 11.0. The molecule has 2 aromatic rings. The Hall–Kier alpha value is -1.75. The molecular weight excluding hydrogens is 244 g/mol. The molecule has 4 nitrogen and oxygen atoms in total. The molecule has 0 saturated heterocycles. The summed E-state index contributed by atoms with van der Waals surface area (Å²) < 4.78 is 1.75. The molecule has 0 atom stereocenters. The van der Waals surface area contributed by atoms with E-state index < -0.39 is 0 Å². The van der Waals surface area contributed by atoms with Crippen LogP contribution in [0.4, 0.5) is 0 Å². The average molecular weight is 258 g/mol. The van der Waals surface area contributed by atoms with E-state index in [9.17, 15) is 0 Å². The molecule has 3 rings (SSSR count). The van der Waals surface area contributed by atoms with Gasteiger partial charge in [0, 0.05) is 11.9 Å². The van der Waals surface area contributed by atoms with Crippen molar-refractivity contribution in [2.24, 2.45) is 5.73 Å². The summed E-state index contributed by atoms with van der Waals surface area (Å²) in [6, 6.07) is 2.07. The summed E-state index contributed by atoms with van der Waals surface area (Å²) in [5, 5.41) is 4.29. The molecule has 0 unspecified atom stereocenters. The molecule has 0 radical (unpaired) electrons. The van der Waals surface area contributed by atoms with E-state index in [1.165, 1.54) is 5.56 Å². The number of hydrogen-bond acceptors (Lipinski definition) is 3. The van der Waals surface area contributed by atoms with Gasteiger partial charge in [0.15, 0.2) is 5.82 Å². The van der Waals surface area contributed by atoms with Gasteiger partial charge in [0.05, 0.1) is 11.8 Å². The zero-order valence-electron chi connectivity index (χ0n) is 10.2. The number of aromatic nitrogens is 3. The highest BCUT2D eigenvalue weighted by molar-refractivity contribution is 7.80. The molecule has 0 spiro atoms. The topological polar surface area (TPSA) is 56.7 Å². The van der Waals surface area contributed by atoms with E-state index in [0.717, 1.165) is 41.9 Å². The van der Waals surface area contributed by atoms with Gasteiger partial charge in [-0.05, 0) is 43.4 Å². The first kappa shape index (κ1) is 11.3. The minimum Gasteiger partial charge on any atom is -0.389 e. The second kappa shape index (κ2) is 4.17. The van der Waals surface area contributed by atoms with Crippen molar-refractivity contribution in [3.05, 3.63) is 40.8 Å². The molecule has 2 N–H and O–H groups in total. The van der Waals surface area contributed by atoms with Gasteiger partial charge < -0.3 is 5.73 Å². The second-order valence-electron chi connectivity index (χ2n) is 4.65. The zero-order chi connectivity index (χ0) is 12.7. The molecule has 18 heavy (non-hydrogen) atoms. The highest BCUT2D eigenvalue weighted by atomic mass is 32.1. The van der Waals surface area contributed by atoms with Crippen LogP contribution >= 0.6 is 12.2 Å². The summed E-state index contributed by atoms with van der Waals surface area (Å²) in [6.07, 6.45) is 6.99. The highest BCUT2D eigenvalue weighted by Gasteiger charge is 2.18. The molecule has 2 heterocycles. The predicted molar refractivity (Wildman–Crippen MR) is 74.0 cm³/mol. The lowest BCUT2D eigenvalue weighted by atomic mass is 10.1. The third-order valence-electron chi connectivity index (χ3n) is 3.22. The van der Waals surface area contributed by atoms with Crippen molar-refractivity contribution in [2.75, 3.05) is 0 Å². The molecule has 1 aliphatic rings. The summed E-state index contributed by atoms with van der Waals surface area (Å²) in [5.74, 6) is 0.747. The van der Waals surface area contributed by atoms with Crippen LogP contribution in [-0.2, 0) is 12.8 Å². The van der Waals surface area contributed by atoms with Gasteiger partial charge in [0.1, 0.15) is 4.99 Å². The van der Waals surface area contributed by atoms with Crippen LogP contribution in [0, 0.1) is 6.92 Å². The van der Waals surface area contributed by atoms with Crippen LogP contribution in [0.2, 0.25) is 0 Å². The molecule has 0 aliphatic heterocycles. The van der Waals surface area contributed by atoms with Gasteiger partial charge >= 0.3 is 0 Å². The van der Waals surface area contributed by atoms with E-state index in [1.807, 2.05) is 13.1 Å². The molecule has 0 saturated carbocycles. The number of nitrogens with two attached hydrogens (primary N) is 1. The fraction of sp³-hybridized carbons (Fsp3) is 0.308. The maximum absolute atomic E-state index is 5.80. The average Bonchev–Trinajstić information content (AvgIpc) is 2.94. The normalized spacial score (nSPS) is 13.6. The van der Waals surface area contributed by atoms with Crippen molar-refractivity contribution in [3.8, 4) is 5.82 Å². The molecule has 1 aliphatic carbocycles. The fourth-order valence-electron chi connectivity index (χ4n) is 2.35. The summed E-state index contributed by atoms with van der Waals surface area (Å²) in [7, 11) is 0. The van der Waals surface area contributed by atoms with Crippen molar-refractivity contribution in [1.82, 2.24) is 14.8 Å². The lowest BCUT2D eigenvalue weighted by Crippen LogP contribution is -2.16. The first-order valence-corrected chi connectivity index (χ1v) is 6.40. The first-order valence-electron chi connectivity index (χ1n) is 5.99. The number of thiocarbonyl (C=S) groups is 1. The van der Waals surface area contributed by atoms with Gasteiger partial charge in [-0.3, -0.25) is 0 Å². The minimum atomic E-state index is 0.375. The Bertz CT molecular complexity index is 630. The molecule has 5 heteroatoms. The van der Waals surface area contributed by atoms with E-state index in [2.05, 4.69) is 11.2 Å². The summed E-state index contributed by atoms with van der Waals surface area (Å²) >= 11 is 5.12. The van der Waals surface area contributed by atoms with Crippen molar-refractivity contribution < 1.29 is 0 Å². The molecule has 92 valence electrons. The van der Waals surface area contributed by atoms with Crippen LogP contribution in [0.5, 0.6) is 0 Å². The van der Waals surface area contributed by atoms with Crippen molar-refractivity contribution in [3.63, 3.8) is 0 Å². The number of aryl methyl sites for hydroxylation is 3. The smallest absolute Gasteiger partial charge is 0.163 e. The Morgan fingerprint density at radius 1 is 1.44 bits per heavy atom. The van der Waals surface area contributed by atoms with E-state index in [1.54, 1.807) is 10.9 Å². The SMILES string of the molecule is Cc1cnn(-c2nc3c(cc2C(N)=S)CCC3)c1. The van der Waals surface area contributed by atoms with E-state index in [-0.39, 0.29) is 0 Å². The number of rotatable bonds is 2. The monoisotopic (exact) mass is 258 g/mol. The van der Waals surface area contributed by atoms with Crippen LogP contribution in [0.3, 0.4) is 0 Å². The van der Waals surface area contributed by atoms with Crippen LogP contribution in [0.25, 0.3) is 5.82 Å². The predicted octanol–water partition coefficient (Wildman–Crippen LogP) is 1.70. The first-order chi connectivity index (χ1) is 8.65. The number of hydrogen-bond donors (Lipinski definition) is 1. The molecule has 0 aromatic carbocycles. The van der Waals surface area contributed by atoms with Crippen molar-refractivity contribution >= 4 is 17.2 Å². The Labute approximate surface area is 111 Å². The number of fused-ring (bicyclic) bond motifs is 1. The van der Waals surface area contributed by atoms with Crippen LogP contribution in [-0.4, -0.2) is 19.8 Å². The van der Waals surface area contributed by atoms with Crippen LogP contribution in [0.15, 0.2) is 18.5 Å². The Morgan fingerprint density at radius 2 is 2.28 bits per heavy atom. The lowest BCUT2D eigenvalue weighted by molar-refractivity contribution is 0.829. The van der Waals surface area contributed by atoms with Gasteiger partial charge in [-0.1, -0.05) is 12.2 Å². The van der Waals surface area contributed by atoms with Crippen molar-refractivity contribution in [1.29, 1.82) is 0 Å². The second-order valence-corrected chi connectivity index (χ2v) is 5.09. The van der Waals surface area contributed by atoms with E-state index >= 15 is 0 Å². The van der Waals surface area contributed by atoms with E-state index in [4.69, 9.17) is 22.9 Å². The highest BCUT2D eigenvalue weighted by Crippen LogP contribution is 2.24. The van der Waals surface area contributed by atoms with Crippen LogP contribution < -0.4 is 5.73 Å². The van der Waals surface area contributed by atoms with Gasteiger partial charge in [0.2, 0.25) is 0 Å². The molecular formula is C13H14N4S. The molecule has 0 bridgehead atoms. The summed E-state index contributed by atoms with van der Waals surface area (Å²) in [5.41, 5.74) is 10.1. The standard InChI is InChI=1S/C13H14N4S/c1-8-6-15-17(7-8)13-10(12(14)18)5-9-3-2-4-11(9)16-13/h5-7H,2-4H2,1H3,(H2,14,18). The minimum absolute atomic E-state index is 0.375. The summed E-state index contributed by atoms with van der Waals surface area (Å²) in [6.45, 7) is 2.00. The number of pyridine rings is 1. The van der Waals surface area contributed by atoms with Crippen molar-refractivity contribution in [2.45, 2.75) is 26.2 Å². The largest absolute Gasteiger partial charge is 0.389 e. The third kappa shape index (κ3) is 1.80. The van der Waals surface area contributed by atoms with Crippen LogP contribution in [0.1, 0.15) is 28.8 Å². The summed E-state index contributed by atoms with van der Waals surface area (Å²) in [4.78, 5) is 5.07. The lowest BCUT2D eigenvalue weighted by Gasteiger charge is -2.10. The maximum atomic E-state index is 5.80. The Morgan fingerprint density at radius 3 is 2.94 bits per heavy atom. The maximum Gasteiger partial charge on any atom is 0.163 e. The molecule has 0 amide bonds. The third-order valence-corrected chi connectivity index (χ3v) is 3.44. The quantitative estimate of drug-likeness (QED) is 0.833. The number of nitrogens with zero attached hydrogens (tertiary/aromatic N) is 3. The Kier molecular flexibility index (Phi) is 2.63. The van der Waals surface area contributed by atoms with Gasteiger partial charge in [-0.2, -0.15) is 5.10 Å².